The number of nitrogens with zero attached hydrogens (tertiary/aromatic N) is 2. The number of benzene rings is 1. The first-order valence-corrected chi connectivity index (χ1v) is 8.32. The largest absolute Gasteiger partial charge is 0.448 e. The number of hydrogen-bond donors (Lipinski definition) is 1. The van der Waals surface area contributed by atoms with E-state index in [9.17, 15) is 27.6 Å². The normalized spacial score (nSPS) is 12.4. The van der Waals surface area contributed by atoms with Crippen molar-refractivity contribution in [1.82, 2.24) is 15.1 Å². The van der Waals surface area contributed by atoms with E-state index in [1.165, 1.54) is 32.0 Å². The molecular formula is C18H18F3N3O4. The maximum absolute atomic E-state index is 13.3. The fraction of sp³-hybridized carbons (Fsp3) is 0.333. The summed E-state index contributed by atoms with van der Waals surface area (Å²) in [6, 6.07) is 5.60. The van der Waals surface area contributed by atoms with E-state index in [1.54, 1.807) is 6.92 Å². The molecule has 1 heterocycles. The number of hydrogen-bond acceptors (Lipinski definition) is 5. The number of halogens is 3. The van der Waals surface area contributed by atoms with Crippen molar-refractivity contribution in [2.75, 3.05) is 6.54 Å². The molecule has 0 saturated carbocycles. The Morgan fingerprint density at radius 3 is 2.54 bits per heavy atom. The maximum Gasteiger partial charge on any atom is 0.418 e. The van der Waals surface area contributed by atoms with Crippen molar-refractivity contribution in [1.29, 1.82) is 0 Å². The highest BCUT2D eigenvalue weighted by Gasteiger charge is 2.34. The van der Waals surface area contributed by atoms with Crippen LogP contribution < -0.4 is 10.7 Å². The molecule has 150 valence electrons. The summed E-state index contributed by atoms with van der Waals surface area (Å²) in [6.07, 6.45) is -5.87. The Bertz CT molecular complexity index is 954. The molecule has 0 aliphatic rings. The zero-order valence-electron chi connectivity index (χ0n) is 15.3. The number of nitrogens with one attached hydrogen (secondary N) is 1. The van der Waals surface area contributed by atoms with Gasteiger partial charge in [0.15, 0.2) is 6.10 Å². The van der Waals surface area contributed by atoms with Gasteiger partial charge in [0.1, 0.15) is 0 Å². The van der Waals surface area contributed by atoms with E-state index in [-0.39, 0.29) is 11.4 Å². The van der Waals surface area contributed by atoms with Gasteiger partial charge in [-0.2, -0.15) is 18.3 Å². The van der Waals surface area contributed by atoms with E-state index >= 15 is 0 Å². The number of rotatable bonds is 5. The highest BCUT2D eigenvalue weighted by molar-refractivity contribution is 5.90. The quantitative estimate of drug-likeness (QED) is 0.782. The minimum atomic E-state index is -4.67. The van der Waals surface area contributed by atoms with Gasteiger partial charge in [-0.15, -0.1) is 0 Å². The van der Waals surface area contributed by atoms with Gasteiger partial charge in [-0.3, -0.25) is 9.59 Å². The van der Waals surface area contributed by atoms with E-state index in [2.05, 4.69) is 10.4 Å². The lowest BCUT2D eigenvalue weighted by atomic mass is 10.1. The van der Waals surface area contributed by atoms with Gasteiger partial charge in [-0.05, 0) is 32.9 Å². The summed E-state index contributed by atoms with van der Waals surface area (Å²) in [7, 11) is 0. The lowest BCUT2D eigenvalue weighted by molar-refractivity contribution is -0.137. The maximum atomic E-state index is 13.3. The molecule has 0 spiro atoms. The van der Waals surface area contributed by atoms with Gasteiger partial charge < -0.3 is 10.1 Å². The van der Waals surface area contributed by atoms with Crippen LogP contribution in [0.3, 0.4) is 0 Å². The number of aromatic nitrogens is 2. The molecule has 0 bridgehead atoms. The molecule has 1 aromatic heterocycles. The van der Waals surface area contributed by atoms with Crippen LogP contribution in [-0.2, 0) is 15.7 Å². The Hall–Kier alpha value is -3.17. The van der Waals surface area contributed by atoms with Gasteiger partial charge in [-0.1, -0.05) is 12.1 Å². The molecule has 2 rings (SSSR count). The minimum absolute atomic E-state index is 0.0926. The summed E-state index contributed by atoms with van der Waals surface area (Å²) < 4.78 is 45.7. The van der Waals surface area contributed by atoms with Crippen molar-refractivity contribution >= 4 is 11.9 Å². The van der Waals surface area contributed by atoms with Gasteiger partial charge in [0, 0.05) is 18.3 Å². The Kier molecular flexibility index (Phi) is 6.22. The van der Waals surface area contributed by atoms with Crippen molar-refractivity contribution < 1.29 is 27.5 Å². The number of alkyl halides is 3. The van der Waals surface area contributed by atoms with Crippen LogP contribution in [-0.4, -0.2) is 34.3 Å². The zero-order chi connectivity index (χ0) is 21.1. The molecule has 1 amide bonds. The first kappa shape index (κ1) is 21.1. The number of para-hydroxylation sites is 1. The Morgan fingerprint density at radius 2 is 1.93 bits per heavy atom. The number of carbonyl (C=O) groups excluding carboxylic acids is 2. The van der Waals surface area contributed by atoms with Crippen LogP contribution in [0.2, 0.25) is 0 Å². The van der Waals surface area contributed by atoms with E-state index < -0.39 is 40.8 Å². The Balaban J connectivity index is 2.48. The van der Waals surface area contributed by atoms with Crippen LogP contribution in [0.5, 0.6) is 0 Å². The average Bonchev–Trinajstić information content (AvgIpc) is 2.61. The zero-order valence-corrected chi connectivity index (χ0v) is 15.3. The molecule has 28 heavy (non-hydrogen) atoms. The van der Waals surface area contributed by atoms with Gasteiger partial charge >= 0.3 is 12.1 Å². The van der Waals surface area contributed by atoms with Gasteiger partial charge in [-0.25, -0.2) is 9.48 Å². The monoisotopic (exact) mass is 397 g/mol. The van der Waals surface area contributed by atoms with Crippen LogP contribution in [0.1, 0.15) is 35.6 Å². The summed E-state index contributed by atoms with van der Waals surface area (Å²) in [5.41, 5.74) is -2.79. The third-order valence-electron chi connectivity index (χ3n) is 3.74. The van der Waals surface area contributed by atoms with Crippen LogP contribution in [0.15, 0.2) is 35.1 Å². The topological polar surface area (TPSA) is 90.3 Å². The molecule has 1 atom stereocenters. The molecule has 2 aromatic rings. The van der Waals surface area contributed by atoms with Gasteiger partial charge in [0.05, 0.1) is 11.3 Å². The smallest absolute Gasteiger partial charge is 0.418 e. The summed E-state index contributed by atoms with van der Waals surface area (Å²) in [6.45, 7) is 4.66. The third kappa shape index (κ3) is 4.56. The molecule has 0 saturated heterocycles. The van der Waals surface area contributed by atoms with Crippen molar-refractivity contribution in [3.05, 3.63) is 57.5 Å². The Morgan fingerprint density at radius 1 is 1.29 bits per heavy atom. The van der Waals surface area contributed by atoms with Crippen molar-refractivity contribution in [2.24, 2.45) is 0 Å². The van der Waals surface area contributed by atoms with E-state index in [0.29, 0.717) is 6.54 Å². The second kappa shape index (κ2) is 8.24. The average molecular weight is 397 g/mol. The van der Waals surface area contributed by atoms with E-state index in [0.717, 1.165) is 16.8 Å². The van der Waals surface area contributed by atoms with Crippen molar-refractivity contribution in [2.45, 2.75) is 33.1 Å². The van der Waals surface area contributed by atoms with Crippen LogP contribution in [0, 0.1) is 6.92 Å². The number of ether oxygens (including phenoxy) is 1. The predicted molar refractivity (Wildman–Crippen MR) is 93.1 cm³/mol. The molecule has 0 aliphatic heterocycles. The number of carbonyl (C=O) groups is 2. The number of esters is 1. The molecular weight excluding hydrogens is 379 g/mol. The second-order valence-corrected chi connectivity index (χ2v) is 5.87. The molecule has 0 aliphatic carbocycles. The first-order chi connectivity index (χ1) is 13.1. The lowest BCUT2D eigenvalue weighted by Crippen LogP contribution is -2.37. The standard InChI is InChI=1S/C18H18F3N3O4/c1-4-22-16(26)11(3)28-17(27)15-14(25)9-10(2)24(23-15)13-8-6-5-7-12(13)18(19,20)21/h5-9,11H,4H2,1-3H3,(H,22,26)/t11-/m1/s1. The fourth-order valence-electron chi connectivity index (χ4n) is 2.42. The van der Waals surface area contributed by atoms with Crippen LogP contribution in [0.25, 0.3) is 5.69 Å². The van der Waals surface area contributed by atoms with E-state index in [4.69, 9.17) is 4.74 Å². The third-order valence-corrected chi connectivity index (χ3v) is 3.74. The predicted octanol–water partition coefficient (Wildman–Crippen LogP) is 2.24. The summed E-state index contributed by atoms with van der Waals surface area (Å²) in [5.74, 6) is -1.78. The highest BCUT2D eigenvalue weighted by Crippen LogP contribution is 2.33. The molecule has 0 unspecified atom stereocenters. The number of amides is 1. The molecule has 7 nitrogen and oxygen atoms in total. The SMILES string of the molecule is CCNC(=O)[C@@H](C)OC(=O)c1nn(-c2ccccc2C(F)(F)F)c(C)cc1=O. The van der Waals surface area contributed by atoms with Crippen molar-refractivity contribution in [3.63, 3.8) is 0 Å². The van der Waals surface area contributed by atoms with Crippen molar-refractivity contribution in [3.8, 4) is 5.69 Å². The van der Waals surface area contributed by atoms with Crippen LogP contribution in [0.4, 0.5) is 13.2 Å². The lowest BCUT2D eigenvalue weighted by Gasteiger charge is -2.17. The van der Waals surface area contributed by atoms with Crippen LogP contribution >= 0.6 is 0 Å². The fourth-order valence-corrected chi connectivity index (χ4v) is 2.42. The summed E-state index contributed by atoms with van der Waals surface area (Å²) in [5, 5.41) is 6.21. The second-order valence-electron chi connectivity index (χ2n) is 5.87. The van der Waals surface area contributed by atoms with E-state index in [1.807, 2.05) is 0 Å². The highest BCUT2D eigenvalue weighted by atomic mass is 19.4. The van der Waals surface area contributed by atoms with Gasteiger partial charge in [0.25, 0.3) is 5.91 Å². The summed E-state index contributed by atoms with van der Waals surface area (Å²) >= 11 is 0. The minimum Gasteiger partial charge on any atom is -0.448 e. The molecule has 10 heteroatoms. The first-order valence-electron chi connectivity index (χ1n) is 8.32. The molecule has 1 aromatic carbocycles. The Labute approximate surface area is 158 Å². The van der Waals surface area contributed by atoms with Gasteiger partial charge in [0.2, 0.25) is 11.1 Å². The number of likely N-dealkylation sites (N-methyl/N-ethyl adjacent to an activating group) is 1. The molecule has 0 radical (unpaired) electrons. The number of aryl methyl sites for hydroxylation is 1. The summed E-state index contributed by atoms with van der Waals surface area (Å²) in [4.78, 5) is 36.1. The molecule has 1 N–H and O–H groups in total. The molecule has 0 fully saturated rings.